The predicted molar refractivity (Wildman–Crippen MR) is 77.8 cm³/mol. The standard InChI is InChI=1S/C15H18F3N3O2/c1-2-19-13(22)8-20-14(23)21-12-7-10(12)9-5-3-4-6-11(9)15(16,17)18/h3-6,10,12H,2,7-8H2,1H3,(H,19,22)(H2,20,21,23)/t10-,12+/m0/s1. The normalized spacial score (nSPS) is 19.8. The van der Waals surface area contributed by atoms with Gasteiger partial charge in [-0.3, -0.25) is 4.79 Å². The lowest BCUT2D eigenvalue weighted by atomic mass is 10.0. The van der Waals surface area contributed by atoms with Crippen LogP contribution in [0.2, 0.25) is 0 Å². The maximum atomic E-state index is 13.0. The van der Waals surface area contributed by atoms with Gasteiger partial charge in [0.05, 0.1) is 12.1 Å². The van der Waals surface area contributed by atoms with Gasteiger partial charge in [0.1, 0.15) is 0 Å². The lowest BCUT2D eigenvalue weighted by Gasteiger charge is -2.13. The van der Waals surface area contributed by atoms with Crippen molar-refractivity contribution in [1.29, 1.82) is 0 Å². The summed E-state index contributed by atoms with van der Waals surface area (Å²) < 4.78 is 38.9. The largest absolute Gasteiger partial charge is 0.416 e. The minimum absolute atomic E-state index is 0.170. The summed E-state index contributed by atoms with van der Waals surface area (Å²) in [7, 11) is 0. The van der Waals surface area contributed by atoms with Crippen molar-refractivity contribution in [1.82, 2.24) is 16.0 Å². The smallest absolute Gasteiger partial charge is 0.355 e. The Morgan fingerprint density at radius 3 is 2.57 bits per heavy atom. The molecule has 0 saturated heterocycles. The number of benzene rings is 1. The van der Waals surface area contributed by atoms with Gasteiger partial charge in [0, 0.05) is 18.5 Å². The molecule has 5 nitrogen and oxygen atoms in total. The van der Waals surface area contributed by atoms with Gasteiger partial charge in [-0.1, -0.05) is 18.2 Å². The number of nitrogens with one attached hydrogen (secondary N) is 3. The number of halogens is 3. The molecule has 0 aliphatic heterocycles. The minimum Gasteiger partial charge on any atom is -0.355 e. The zero-order chi connectivity index (χ0) is 17.0. The second-order valence-electron chi connectivity index (χ2n) is 5.31. The molecule has 0 spiro atoms. The van der Waals surface area contributed by atoms with E-state index in [1.807, 2.05) is 0 Å². The van der Waals surface area contributed by atoms with Gasteiger partial charge >= 0.3 is 12.2 Å². The van der Waals surface area contributed by atoms with Crippen LogP contribution < -0.4 is 16.0 Å². The van der Waals surface area contributed by atoms with Gasteiger partial charge in [0.2, 0.25) is 5.91 Å². The van der Waals surface area contributed by atoms with Crippen LogP contribution in [0.1, 0.15) is 30.4 Å². The molecule has 3 N–H and O–H groups in total. The molecule has 1 aromatic carbocycles. The van der Waals surface area contributed by atoms with Crippen LogP contribution in [0.4, 0.5) is 18.0 Å². The molecule has 1 aliphatic carbocycles. The summed E-state index contributed by atoms with van der Waals surface area (Å²) in [4.78, 5) is 22.8. The predicted octanol–water partition coefficient (Wildman–Crippen LogP) is 2.00. The Kier molecular flexibility index (Phi) is 5.12. The highest BCUT2D eigenvalue weighted by Gasteiger charge is 2.44. The number of alkyl halides is 3. The Morgan fingerprint density at radius 1 is 1.22 bits per heavy atom. The molecule has 1 aromatic rings. The van der Waals surface area contributed by atoms with Gasteiger partial charge in [0.15, 0.2) is 0 Å². The molecular weight excluding hydrogens is 311 g/mol. The quantitative estimate of drug-likeness (QED) is 0.773. The molecule has 1 fully saturated rings. The highest BCUT2D eigenvalue weighted by molar-refractivity contribution is 5.84. The fourth-order valence-electron chi connectivity index (χ4n) is 2.42. The molecular formula is C15H18F3N3O2. The summed E-state index contributed by atoms with van der Waals surface area (Å²) in [6.45, 7) is 2.04. The van der Waals surface area contributed by atoms with Crippen LogP contribution in [0.25, 0.3) is 0 Å². The number of amides is 3. The van der Waals surface area contributed by atoms with Crippen molar-refractivity contribution >= 4 is 11.9 Å². The van der Waals surface area contributed by atoms with E-state index in [0.29, 0.717) is 13.0 Å². The zero-order valence-electron chi connectivity index (χ0n) is 12.5. The topological polar surface area (TPSA) is 70.2 Å². The maximum absolute atomic E-state index is 13.0. The summed E-state index contributed by atoms with van der Waals surface area (Å²) in [6, 6.07) is 4.45. The van der Waals surface area contributed by atoms with Gasteiger partial charge in [-0.05, 0) is 25.0 Å². The number of rotatable bonds is 5. The fourth-order valence-corrected chi connectivity index (χ4v) is 2.42. The molecule has 2 atom stereocenters. The summed E-state index contributed by atoms with van der Waals surface area (Å²) in [6.07, 6.45) is -3.97. The average molecular weight is 329 g/mol. The number of urea groups is 1. The average Bonchev–Trinajstić information content (AvgIpc) is 3.23. The van der Waals surface area contributed by atoms with Gasteiger partial charge < -0.3 is 16.0 Å². The number of likely N-dealkylation sites (N-methyl/N-ethyl adjacent to an activating group) is 1. The van der Waals surface area contributed by atoms with E-state index in [1.165, 1.54) is 12.1 Å². The summed E-state index contributed by atoms with van der Waals surface area (Å²) in [5.74, 6) is -0.680. The van der Waals surface area contributed by atoms with Crippen LogP contribution in [0.5, 0.6) is 0 Å². The third-order valence-corrected chi connectivity index (χ3v) is 3.56. The molecule has 2 rings (SSSR count). The van der Waals surface area contributed by atoms with Crippen LogP contribution in [-0.2, 0) is 11.0 Å². The van der Waals surface area contributed by atoms with Crippen LogP contribution in [-0.4, -0.2) is 31.1 Å². The molecule has 23 heavy (non-hydrogen) atoms. The lowest BCUT2D eigenvalue weighted by molar-refractivity contribution is -0.138. The van der Waals surface area contributed by atoms with E-state index in [2.05, 4.69) is 16.0 Å². The van der Waals surface area contributed by atoms with Crippen molar-refractivity contribution in [3.8, 4) is 0 Å². The van der Waals surface area contributed by atoms with Gasteiger partial charge in [-0.2, -0.15) is 13.2 Å². The number of carbonyl (C=O) groups is 2. The first kappa shape index (κ1) is 17.1. The SMILES string of the molecule is CCNC(=O)CNC(=O)N[C@@H]1C[C@H]1c1ccccc1C(F)(F)F. The number of hydrogen-bond donors (Lipinski definition) is 3. The van der Waals surface area contributed by atoms with E-state index in [9.17, 15) is 22.8 Å². The Labute approximate surface area is 131 Å². The second kappa shape index (κ2) is 6.89. The van der Waals surface area contributed by atoms with Crippen LogP contribution in [0.15, 0.2) is 24.3 Å². The van der Waals surface area contributed by atoms with E-state index in [-0.39, 0.29) is 30.0 Å². The Morgan fingerprint density at radius 2 is 1.91 bits per heavy atom. The summed E-state index contributed by atoms with van der Waals surface area (Å²) >= 11 is 0. The number of hydrogen-bond acceptors (Lipinski definition) is 2. The van der Waals surface area contributed by atoms with E-state index in [0.717, 1.165) is 6.07 Å². The van der Waals surface area contributed by atoms with E-state index in [4.69, 9.17) is 0 Å². The van der Waals surface area contributed by atoms with Crippen LogP contribution in [0, 0.1) is 0 Å². The third kappa shape index (κ3) is 4.61. The molecule has 0 unspecified atom stereocenters. The molecule has 1 saturated carbocycles. The van der Waals surface area contributed by atoms with Crippen molar-refractivity contribution in [2.24, 2.45) is 0 Å². The highest BCUT2D eigenvalue weighted by atomic mass is 19.4. The molecule has 0 radical (unpaired) electrons. The summed E-state index contributed by atoms with van der Waals surface area (Å²) in [5.41, 5.74) is -0.481. The molecule has 0 bridgehead atoms. The maximum Gasteiger partial charge on any atom is 0.416 e. The molecule has 126 valence electrons. The van der Waals surface area contributed by atoms with E-state index in [1.54, 1.807) is 13.0 Å². The lowest BCUT2D eigenvalue weighted by Crippen LogP contribution is -2.43. The Bertz CT molecular complexity index is 590. The first-order valence-corrected chi connectivity index (χ1v) is 7.30. The van der Waals surface area contributed by atoms with Crippen molar-refractivity contribution in [2.75, 3.05) is 13.1 Å². The van der Waals surface area contributed by atoms with E-state index >= 15 is 0 Å². The molecule has 1 aliphatic rings. The van der Waals surface area contributed by atoms with Crippen LogP contribution >= 0.6 is 0 Å². The molecule has 3 amide bonds. The second-order valence-corrected chi connectivity index (χ2v) is 5.31. The third-order valence-electron chi connectivity index (χ3n) is 3.56. The first-order valence-electron chi connectivity index (χ1n) is 7.30. The summed E-state index contributed by atoms with van der Waals surface area (Å²) in [5, 5.41) is 7.47. The van der Waals surface area contributed by atoms with Crippen molar-refractivity contribution < 1.29 is 22.8 Å². The molecule has 0 aromatic heterocycles. The molecule has 0 heterocycles. The molecule has 8 heteroatoms. The van der Waals surface area contributed by atoms with Crippen molar-refractivity contribution in [3.05, 3.63) is 35.4 Å². The fraction of sp³-hybridized carbons (Fsp3) is 0.467. The monoisotopic (exact) mass is 329 g/mol. The van der Waals surface area contributed by atoms with Crippen molar-refractivity contribution in [3.63, 3.8) is 0 Å². The van der Waals surface area contributed by atoms with Crippen LogP contribution in [0.3, 0.4) is 0 Å². The zero-order valence-corrected chi connectivity index (χ0v) is 12.5. The van der Waals surface area contributed by atoms with Gasteiger partial charge in [-0.25, -0.2) is 4.79 Å². The highest BCUT2D eigenvalue weighted by Crippen LogP contribution is 2.45. The Hall–Kier alpha value is -2.25. The first-order chi connectivity index (χ1) is 10.8. The van der Waals surface area contributed by atoms with Gasteiger partial charge in [-0.15, -0.1) is 0 Å². The van der Waals surface area contributed by atoms with E-state index < -0.39 is 17.8 Å². The number of carbonyl (C=O) groups excluding carboxylic acids is 2. The minimum atomic E-state index is -4.41. The Balaban J connectivity index is 1.89. The van der Waals surface area contributed by atoms with Gasteiger partial charge in [0.25, 0.3) is 0 Å². The van der Waals surface area contributed by atoms with Crippen molar-refractivity contribution in [2.45, 2.75) is 31.5 Å².